The normalized spacial score (nSPS) is 15.3. The second-order valence-corrected chi connectivity index (χ2v) is 5.97. The summed E-state index contributed by atoms with van der Waals surface area (Å²) in [6.45, 7) is 2.90. The monoisotopic (exact) mass is 281 g/mol. The Morgan fingerprint density at radius 2 is 1.10 bits per heavy atom. The molecule has 0 bridgehead atoms. The van der Waals surface area contributed by atoms with Gasteiger partial charge >= 0.3 is 0 Å². The first-order valence-corrected chi connectivity index (χ1v) is 8.59. The van der Waals surface area contributed by atoms with Crippen LogP contribution in [0.2, 0.25) is 0 Å². The van der Waals surface area contributed by atoms with Crippen LogP contribution in [0.4, 0.5) is 0 Å². The fraction of sp³-hybridized carbons (Fsp3) is 0.882. The third-order valence-corrected chi connectivity index (χ3v) is 4.14. The van der Waals surface area contributed by atoms with Crippen LogP contribution in [0.1, 0.15) is 90.4 Å². The molecular weight excluding hydrogens is 250 g/mol. The van der Waals surface area contributed by atoms with Gasteiger partial charge in [-0.25, -0.2) is 0 Å². The van der Waals surface area contributed by atoms with E-state index >= 15 is 0 Å². The maximum atomic E-state index is 11.4. The van der Waals surface area contributed by atoms with Gasteiger partial charge in [-0.2, -0.15) is 0 Å². The zero-order chi connectivity index (χ0) is 14.6. The molecule has 1 saturated heterocycles. The number of likely N-dealkylation sites (tertiary alicyclic amines) is 1. The van der Waals surface area contributed by atoms with Crippen LogP contribution in [-0.4, -0.2) is 23.3 Å². The molecule has 0 N–H and O–H groups in total. The van der Waals surface area contributed by atoms with E-state index in [0.717, 1.165) is 12.8 Å². The molecule has 20 heavy (non-hydrogen) atoms. The summed E-state index contributed by atoms with van der Waals surface area (Å²) in [5.74, 6) is 0.0594. The Balaban J connectivity index is 1.83. The molecule has 0 radical (unpaired) electrons. The standard InChI is InChI=1S/C17H31NO2/c1-2-3-4-5-6-7-8-9-10-11-12-15-18-16(19)13-14-17(18)20/h2-15H2,1H3. The number of imide groups is 1. The van der Waals surface area contributed by atoms with Gasteiger partial charge < -0.3 is 0 Å². The molecule has 0 aliphatic carbocycles. The van der Waals surface area contributed by atoms with Crippen molar-refractivity contribution in [3.63, 3.8) is 0 Å². The van der Waals surface area contributed by atoms with Gasteiger partial charge in [-0.05, 0) is 6.42 Å². The van der Waals surface area contributed by atoms with Gasteiger partial charge in [-0.15, -0.1) is 0 Å². The second-order valence-electron chi connectivity index (χ2n) is 5.97. The summed E-state index contributed by atoms with van der Waals surface area (Å²) in [5.41, 5.74) is 0. The Bertz CT molecular complexity index is 273. The zero-order valence-electron chi connectivity index (χ0n) is 13.2. The van der Waals surface area contributed by atoms with Gasteiger partial charge in [0.1, 0.15) is 0 Å². The molecule has 2 amide bonds. The fourth-order valence-corrected chi connectivity index (χ4v) is 2.81. The van der Waals surface area contributed by atoms with E-state index in [2.05, 4.69) is 6.92 Å². The van der Waals surface area contributed by atoms with Gasteiger partial charge in [-0.1, -0.05) is 71.1 Å². The molecule has 1 aliphatic heterocycles. The second kappa shape index (κ2) is 10.9. The first-order valence-electron chi connectivity index (χ1n) is 8.59. The predicted octanol–water partition coefficient (Wildman–Crippen LogP) is 4.45. The number of nitrogens with zero attached hydrogens (tertiary/aromatic N) is 1. The third kappa shape index (κ3) is 7.06. The molecule has 3 nitrogen and oxygen atoms in total. The highest BCUT2D eigenvalue weighted by molar-refractivity contribution is 6.01. The lowest BCUT2D eigenvalue weighted by Crippen LogP contribution is -2.29. The number of hydrogen-bond acceptors (Lipinski definition) is 2. The summed E-state index contributed by atoms with van der Waals surface area (Å²) < 4.78 is 0. The van der Waals surface area contributed by atoms with Gasteiger partial charge in [-0.3, -0.25) is 14.5 Å². The highest BCUT2D eigenvalue weighted by Gasteiger charge is 2.27. The molecule has 0 atom stereocenters. The fourth-order valence-electron chi connectivity index (χ4n) is 2.81. The number of hydrogen-bond donors (Lipinski definition) is 0. The van der Waals surface area contributed by atoms with E-state index in [1.165, 1.54) is 62.7 Å². The van der Waals surface area contributed by atoms with Crippen LogP contribution < -0.4 is 0 Å². The highest BCUT2D eigenvalue weighted by Crippen LogP contribution is 2.14. The van der Waals surface area contributed by atoms with E-state index in [-0.39, 0.29) is 11.8 Å². The molecular formula is C17H31NO2. The van der Waals surface area contributed by atoms with Crippen molar-refractivity contribution >= 4 is 11.8 Å². The van der Waals surface area contributed by atoms with E-state index in [1.54, 1.807) is 0 Å². The van der Waals surface area contributed by atoms with Crippen molar-refractivity contribution < 1.29 is 9.59 Å². The van der Waals surface area contributed by atoms with Crippen LogP contribution in [0.15, 0.2) is 0 Å². The number of carbonyl (C=O) groups excluding carboxylic acids is 2. The molecule has 1 heterocycles. The lowest BCUT2D eigenvalue weighted by Gasteiger charge is -2.13. The van der Waals surface area contributed by atoms with Crippen LogP contribution in [0.25, 0.3) is 0 Å². The maximum absolute atomic E-state index is 11.4. The van der Waals surface area contributed by atoms with Crippen LogP contribution in [-0.2, 0) is 9.59 Å². The Kier molecular flexibility index (Phi) is 9.35. The lowest BCUT2D eigenvalue weighted by molar-refractivity contribution is -0.138. The van der Waals surface area contributed by atoms with Crippen molar-refractivity contribution in [2.24, 2.45) is 0 Å². The van der Waals surface area contributed by atoms with Gasteiger partial charge in [0.05, 0.1) is 0 Å². The van der Waals surface area contributed by atoms with E-state index in [9.17, 15) is 9.59 Å². The SMILES string of the molecule is CCCCCCCCCCCCCN1C(=O)CCC1=O. The van der Waals surface area contributed by atoms with E-state index in [0.29, 0.717) is 19.4 Å². The summed E-state index contributed by atoms with van der Waals surface area (Å²) in [7, 11) is 0. The Labute approximate surface area is 124 Å². The van der Waals surface area contributed by atoms with Crippen LogP contribution in [0.3, 0.4) is 0 Å². The molecule has 0 aromatic heterocycles. The van der Waals surface area contributed by atoms with Crippen molar-refractivity contribution in [2.45, 2.75) is 90.4 Å². The summed E-state index contributed by atoms with van der Waals surface area (Å²) >= 11 is 0. The topological polar surface area (TPSA) is 37.4 Å². The maximum Gasteiger partial charge on any atom is 0.229 e. The molecule has 0 saturated carbocycles. The minimum absolute atomic E-state index is 0.0297. The predicted molar refractivity (Wildman–Crippen MR) is 82.4 cm³/mol. The van der Waals surface area contributed by atoms with E-state index in [4.69, 9.17) is 0 Å². The molecule has 0 spiro atoms. The quantitative estimate of drug-likeness (QED) is 0.391. The molecule has 0 aromatic rings. The summed E-state index contributed by atoms with van der Waals surface area (Å²) in [4.78, 5) is 24.3. The Morgan fingerprint density at radius 3 is 1.55 bits per heavy atom. The van der Waals surface area contributed by atoms with E-state index < -0.39 is 0 Å². The van der Waals surface area contributed by atoms with Gasteiger partial charge in [0.15, 0.2) is 0 Å². The molecule has 3 heteroatoms. The molecule has 1 rings (SSSR count). The minimum atomic E-state index is 0.0297. The first-order chi connectivity index (χ1) is 9.75. The largest absolute Gasteiger partial charge is 0.283 e. The Hall–Kier alpha value is -0.860. The minimum Gasteiger partial charge on any atom is -0.283 e. The van der Waals surface area contributed by atoms with Gasteiger partial charge in [0.2, 0.25) is 11.8 Å². The lowest BCUT2D eigenvalue weighted by atomic mass is 10.1. The molecule has 116 valence electrons. The highest BCUT2D eigenvalue weighted by atomic mass is 16.2. The van der Waals surface area contributed by atoms with Crippen LogP contribution >= 0.6 is 0 Å². The Morgan fingerprint density at radius 1 is 0.700 bits per heavy atom. The number of amides is 2. The summed E-state index contributed by atoms with van der Waals surface area (Å²) in [6, 6.07) is 0. The first kappa shape index (κ1) is 17.2. The number of carbonyl (C=O) groups is 2. The van der Waals surface area contributed by atoms with Crippen molar-refractivity contribution in [3.8, 4) is 0 Å². The number of rotatable bonds is 12. The third-order valence-electron chi connectivity index (χ3n) is 4.14. The average Bonchev–Trinajstić information content (AvgIpc) is 2.76. The van der Waals surface area contributed by atoms with Crippen molar-refractivity contribution in [1.82, 2.24) is 4.90 Å². The number of unbranched alkanes of at least 4 members (excludes halogenated alkanes) is 10. The van der Waals surface area contributed by atoms with Crippen LogP contribution in [0, 0.1) is 0 Å². The average molecular weight is 281 g/mol. The molecule has 0 unspecified atom stereocenters. The van der Waals surface area contributed by atoms with Crippen molar-refractivity contribution in [1.29, 1.82) is 0 Å². The van der Waals surface area contributed by atoms with Crippen molar-refractivity contribution in [3.05, 3.63) is 0 Å². The van der Waals surface area contributed by atoms with Gasteiger partial charge in [0.25, 0.3) is 0 Å². The summed E-state index contributed by atoms with van der Waals surface area (Å²) in [5, 5.41) is 0. The summed E-state index contributed by atoms with van der Waals surface area (Å²) in [6.07, 6.45) is 15.1. The molecule has 1 aliphatic rings. The van der Waals surface area contributed by atoms with Crippen LogP contribution in [0.5, 0.6) is 0 Å². The van der Waals surface area contributed by atoms with Gasteiger partial charge in [0, 0.05) is 19.4 Å². The molecule has 1 fully saturated rings. The zero-order valence-corrected chi connectivity index (χ0v) is 13.2. The van der Waals surface area contributed by atoms with Crippen molar-refractivity contribution in [2.75, 3.05) is 6.54 Å². The molecule has 0 aromatic carbocycles. The smallest absolute Gasteiger partial charge is 0.229 e. The van der Waals surface area contributed by atoms with E-state index in [1.807, 2.05) is 0 Å².